The molecular weight excluding hydrogens is 383 g/mol. The van der Waals surface area contributed by atoms with Gasteiger partial charge in [0.25, 0.3) is 5.91 Å². The first-order valence-electron chi connectivity index (χ1n) is 8.93. The summed E-state index contributed by atoms with van der Waals surface area (Å²) >= 11 is 0. The van der Waals surface area contributed by atoms with Crippen LogP contribution in [0.15, 0.2) is 48.5 Å². The van der Waals surface area contributed by atoms with Crippen LogP contribution in [0.2, 0.25) is 0 Å². The summed E-state index contributed by atoms with van der Waals surface area (Å²) in [6.45, 7) is 3.85. The van der Waals surface area contributed by atoms with Gasteiger partial charge in [0.15, 0.2) is 6.61 Å². The second kappa shape index (κ2) is 9.54. The van der Waals surface area contributed by atoms with Crippen LogP contribution in [0.4, 0.5) is 10.1 Å². The summed E-state index contributed by atoms with van der Waals surface area (Å²) in [4.78, 5) is 11.8. The monoisotopic (exact) mass is 408 g/mol. The molecule has 2 aromatic rings. The minimum Gasteiger partial charge on any atom is -0.484 e. The van der Waals surface area contributed by atoms with Crippen molar-refractivity contribution in [3.05, 3.63) is 59.9 Å². The van der Waals surface area contributed by atoms with E-state index in [1.54, 1.807) is 36.4 Å². The Morgan fingerprint density at radius 1 is 1.14 bits per heavy atom. The number of nitrogens with one attached hydrogen (secondary N) is 1. The maximum atomic E-state index is 13.1. The van der Waals surface area contributed by atoms with E-state index in [0.717, 1.165) is 12.7 Å². The highest BCUT2D eigenvalue weighted by Gasteiger charge is 2.18. The summed E-state index contributed by atoms with van der Waals surface area (Å²) < 4.78 is 44.1. The number of amides is 1. The smallest absolute Gasteiger partial charge is 0.258 e. The van der Waals surface area contributed by atoms with Crippen molar-refractivity contribution in [2.75, 3.05) is 17.2 Å². The van der Waals surface area contributed by atoms with Gasteiger partial charge in [0.2, 0.25) is 10.0 Å². The lowest BCUT2D eigenvalue weighted by Gasteiger charge is -2.23. The Kier molecular flexibility index (Phi) is 7.39. The number of hydrogen-bond acceptors (Lipinski definition) is 4. The van der Waals surface area contributed by atoms with Gasteiger partial charge in [-0.1, -0.05) is 19.1 Å². The van der Waals surface area contributed by atoms with Crippen LogP contribution in [-0.2, 0) is 21.4 Å². The van der Waals surface area contributed by atoms with Gasteiger partial charge >= 0.3 is 0 Å². The van der Waals surface area contributed by atoms with E-state index in [4.69, 9.17) is 4.74 Å². The molecule has 0 saturated carbocycles. The van der Waals surface area contributed by atoms with Crippen LogP contribution >= 0.6 is 0 Å². The van der Waals surface area contributed by atoms with E-state index in [2.05, 4.69) is 5.32 Å². The quantitative estimate of drug-likeness (QED) is 0.692. The third-order valence-corrected chi connectivity index (χ3v) is 5.29. The average Bonchev–Trinajstić information content (AvgIpc) is 2.65. The van der Waals surface area contributed by atoms with Crippen molar-refractivity contribution in [2.45, 2.75) is 32.9 Å². The highest BCUT2D eigenvalue weighted by atomic mass is 32.2. The summed E-state index contributed by atoms with van der Waals surface area (Å²) in [6.07, 6.45) is 1.94. The number of ether oxygens (including phenoxy) is 1. The third-order valence-electron chi connectivity index (χ3n) is 4.15. The van der Waals surface area contributed by atoms with Crippen LogP contribution in [0, 0.1) is 5.82 Å². The molecule has 28 heavy (non-hydrogen) atoms. The molecule has 0 aliphatic rings. The van der Waals surface area contributed by atoms with Crippen molar-refractivity contribution >= 4 is 21.6 Å². The highest BCUT2D eigenvalue weighted by Crippen LogP contribution is 2.23. The molecule has 0 heterocycles. The number of benzene rings is 2. The maximum absolute atomic E-state index is 13.1. The van der Waals surface area contributed by atoms with Crippen molar-refractivity contribution in [2.24, 2.45) is 0 Å². The Morgan fingerprint density at radius 3 is 2.29 bits per heavy atom. The molecule has 152 valence electrons. The Labute approximate surface area is 165 Å². The van der Waals surface area contributed by atoms with Gasteiger partial charge in [0.1, 0.15) is 11.6 Å². The molecule has 2 aromatic carbocycles. The number of sulfonamides is 1. The fraction of sp³-hybridized carbons (Fsp3) is 0.350. The van der Waals surface area contributed by atoms with Gasteiger partial charge in [0.05, 0.1) is 18.5 Å². The molecule has 0 bridgehead atoms. The number of rotatable bonds is 9. The summed E-state index contributed by atoms with van der Waals surface area (Å²) in [7, 11) is -3.55. The number of nitrogens with zero attached hydrogens (tertiary/aromatic N) is 1. The molecule has 1 amide bonds. The molecule has 2 rings (SSSR count). The predicted octanol–water partition coefficient (Wildman–Crippen LogP) is 3.09. The SMILES string of the molecule is CC[C@@H](C)NC(=O)COc1ccc(N(Cc2ccc(F)cc2)S(C)(=O)=O)cc1. The molecule has 0 unspecified atom stereocenters. The lowest BCUT2D eigenvalue weighted by Crippen LogP contribution is -2.35. The summed E-state index contributed by atoms with van der Waals surface area (Å²) in [5, 5.41) is 2.80. The Balaban J connectivity index is 2.07. The molecule has 6 nitrogen and oxygen atoms in total. The largest absolute Gasteiger partial charge is 0.484 e. The van der Waals surface area contributed by atoms with Crippen molar-refractivity contribution in [3.8, 4) is 5.75 Å². The highest BCUT2D eigenvalue weighted by molar-refractivity contribution is 7.92. The van der Waals surface area contributed by atoms with Crippen molar-refractivity contribution in [3.63, 3.8) is 0 Å². The molecule has 8 heteroatoms. The fourth-order valence-corrected chi connectivity index (χ4v) is 3.32. The van der Waals surface area contributed by atoms with Crippen molar-refractivity contribution in [1.29, 1.82) is 0 Å². The summed E-state index contributed by atoms with van der Waals surface area (Å²) in [5.41, 5.74) is 1.11. The van der Waals surface area contributed by atoms with E-state index in [1.807, 2.05) is 13.8 Å². The second-order valence-corrected chi connectivity index (χ2v) is 8.46. The van der Waals surface area contributed by atoms with Crippen LogP contribution in [0.1, 0.15) is 25.8 Å². The standard InChI is InChI=1S/C20H25FN2O4S/c1-4-15(2)22-20(24)14-27-19-11-9-18(10-12-19)23(28(3,25)26)13-16-5-7-17(21)8-6-16/h5-12,15H,4,13-14H2,1-3H3,(H,22,24)/t15-/m1/s1. The number of halogens is 1. The first-order chi connectivity index (χ1) is 13.2. The van der Waals surface area contributed by atoms with Crippen LogP contribution in [0.5, 0.6) is 5.75 Å². The third kappa shape index (κ3) is 6.53. The first kappa shape index (κ1) is 21.7. The van der Waals surface area contributed by atoms with E-state index in [0.29, 0.717) is 17.0 Å². The molecule has 0 aliphatic heterocycles. The zero-order valence-corrected chi connectivity index (χ0v) is 17.0. The number of anilines is 1. The van der Waals surface area contributed by atoms with Crippen molar-refractivity contribution < 1.29 is 22.3 Å². The molecular formula is C20H25FN2O4S. The normalized spacial score (nSPS) is 12.3. The Bertz CT molecular complexity index is 883. The second-order valence-electron chi connectivity index (χ2n) is 6.56. The Hall–Kier alpha value is -2.61. The van der Waals surface area contributed by atoms with E-state index in [-0.39, 0.29) is 30.9 Å². The minimum atomic E-state index is -3.55. The lowest BCUT2D eigenvalue weighted by atomic mass is 10.2. The van der Waals surface area contributed by atoms with E-state index in [9.17, 15) is 17.6 Å². The molecule has 0 spiro atoms. The number of carbonyl (C=O) groups is 1. The molecule has 1 N–H and O–H groups in total. The minimum absolute atomic E-state index is 0.0771. The van der Waals surface area contributed by atoms with E-state index < -0.39 is 10.0 Å². The topological polar surface area (TPSA) is 75.7 Å². The van der Waals surface area contributed by atoms with Gasteiger partial charge in [-0.05, 0) is 55.3 Å². The van der Waals surface area contributed by atoms with Crippen molar-refractivity contribution in [1.82, 2.24) is 5.32 Å². The van der Waals surface area contributed by atoms with Crippen LogP contribution in [0.3, 0.4) is 0 Å². The van der Waals surface area contributed by atoms with Gasteiger partial charge in [-0.2, -0.15) is 0 Å². The first-order valence-corrected chi connectivity index (χ1v) is 10.8. The molecule has 0 radical (unpaired) electrons. The summed E-state index contributed by atoms with van der Waals surface area (Å²) in [5.74, 6) is -0.140. The number of carbonyl (C=O) groups excluding carboxylic acids is 1. The molecule has 0 aliphatic carbocycles. The zero-order valence-electron chi connectivity index (χ0n) is 16.2. The summed E-state index contributed by atoms with van der Waals surface area (Å²) in [6, 6.07) is 12.2. The fourth-order valence-electron chi connectivity index (χ4n) is 2.43. The van der Waals surface area contributed by atoms with Gasteiger partial charge in [-0.25, -0.2) is 12.8 Å². The number of hydrogen-bond donors (Lipinski definition) is 1. The van der Waals surface area contributed by atoms with Gasteiger partial charge < -0.3 is 10.1 Å². The lowest BCUT2D eigenvalue weighted by molar-refractivity contribution is -0.123. The van der Waals surface area contributed by atoms with Gasteiger partial charge in [-0.3, -0.25) is 9.10 Å². The Morgan fingerprint density at radius 2 is 1.75 bits per heavy atom. The maximum Gasteiger partial charge on any atom is 0.258 e. The average molecular weight is 408 g/mol. The molecule has 0 aromatic heterocycles. The molecule has 0 fully saturated rings. The zero-order chi connectivity index (χ0) is 20.7. The van der Waals surface area contributed by atoms with Gasteiger partial charge in [0, 0.05) is 6.04 Å². The predicted molar refractivity (Wildman–Crippen MR) is 107 cm³/mol. The van der Waals surface area contributed by atoms with Crippen LogP contribution in [-0.4, -0.2) is 33.2 Å². The van der Waals surface area contributed by atoms with Crippen LogP contribution < -0.4 is 14.4 Å². The van der Waals surface area contributed by atoms with E-state index in [1.165, 1.54) is 16.4 Å². The van der Waals surface area contributed by atoms with Gasteiger partial charge in [-0.15, -0.1) is 0 Å². The molecule has 1 atom stereocenters. The van der Waals surface area contributed by atoms with Crippen LogP contribution in [0.25, 0.3) is 0 Å². The molecule has 0 saturated heterocycles. The van der Waals surface area contributed by atoms with E-state index >= 15 is 0 Å².